The second-order valence-corrected chi connectivity index (χ2v) is 2.33. The van der Waals surface area contributed by atoms with Crippen LogP contribution < -0.4 is 5.32 Å². The molecule has 1 aliphatic heterocycles. The fourth-order valence-corrected chi connectivity index (χ4v) is 0.983. The van der Waals surface area contributed by atoms with E-state index in [1.807, 2.05) is 6.92 Å². The van der Waals surface area contributed by atoms with Crippen LogP contribution in [0.25, 0.3) is 0 Å². The van der Waals surface area contributed by atoms with E-state index in [1.54, 1.807) is 0 Å². The van der Waals surface area contributed by atoms with E-state index in [-0.39, 0.29) is 25.1 Å². The van der Waals surface area contributed by atoms with E-state index < -0.39 is 0 Å². The standard InChI is InChI=1S/C6H13NO2.ClH/c1-5-6(4-8)9-3-2-7-5;/h5-8H,2-4H2,1H3;1H. The molecule has 2 N–H and O–H groups in total. The molecule has 0 aromatic heterocycles. The number of hydrogen-bond acceptors (Lipinski definition) is 3. The van der Waals surface area contributed by atoms with Gasteiger partial charge in [0, 0.05) is 12.6 Å². The number of aliphatic hydroxyl groups excluding tert-OH is 1. The third-order valence-electron chi connectivity index (χ3n) is 1.64. The highest BCUT2D eigenvalue weighted by atomic mass is 35.5. The first kappa shape index (κ1) is 10.2. The average Bonchev–Trinajstić information content (AvgIpc) is 1.89. The Morgan fingerprint density at radius 2 is 2.40 bits per heavy atom. The number of ether oxygens (including phenoxy) is 1. The Morgan fingerprint density at radius 1 is 1.70 bits per heavy atom. The zero-order valence-corrected chi connectivity index (χ0v) is 6.86. The monoisotopic (exact) mass is 167 g/mol. The van der Waals surface area contributed by atoms with Crippen LogP contribution in [0.2, 0.25) is 0 Å². The molecular weight excluding hydrogens is 154 g/mol. The highest BCUT2D eigenvalue weighted by Crippen LogP contribution is 2.01. The van der Waals surface area contributed by atoms with Gasteiger partial charge in [-0.3, -0.25) is 0 Å². The maximum absolute atomic E-state index is 8.70. The van der Waals surface area contributed by atoms with Crippen LogP contribution in [-0.4, -0.2) is 37.0 Å². The van der Waals surface area contributed by atoms with E-state index >= 15 is 0 Å². The van der Waals surface area contributed by atoms with E-state index in [0.717, 1.165) is 13.2 Å². The van der Waals surface area contributed by atoms with Crippen LogP contribution in [-0.2, 0) is 4.74 Å². The molecule has 0 aliphatic carbocycles. The molecule has 0 spiro atoms. The fraction of sp³-hybridized carbons (Fsp3) is 1.00. The molecule has 1 heterocycles. The van der Waals surface area contributed by atoms with E-state index in [2.05, 4.69) is 5.32 Å². The van der Waals surface area contributed by atoms with Crippen LogP contribution in [0.15, 0.2) is 0 Å². The van der Waals surface area contributed by atoms with Gasteiger partial charge in [0.1, 0.15) is 0 Å². The highest BCUT2D eigenvalue weighted by Gasteiger charge is 2.19. The molecule has 0 aromatic rings. The molecule has 4 heteroatoms. The molecule has 2 unspecified atom stereocenters. The molecule has 1 fully saturated rings. The lowest BCUT2D eigenvalue weighted by molar-refractivity contribution is -0.0302. The van der Waals surface area contributed by atoms with Crippen molar-refractivity contribution in [2.75, 3.05) is 19.8 Å². The minimum atomic E-state index is -0.00116. The normalized spacial score (nSPS) is 33.0. The van der Waals surface area contributed by atoms with Crippen molar-refractivity contribution < 1.29 is 9.84 Å². The molecule has 0 radical (unpaired) electrons. The van der Waals surface area contributed by atoms with Gasteiger partial charge in [-0.25, -0.2) is 0 Å². The topological polar surface area (TPSA) is 41.5 Å². The summed E-state index contributed by atoms with van der Waals surface area (Å²) in [7, 11) is 0. The lowest BCUT2D eigenvalue weighted by atomic mass is 10.2. The van der Waals surface area contributed by atoms with Crippen molar-refractivity contribution in [1.29, 1.82) is 0 Å². The first-order chi connectivity index (χ1) is 4.34. The van der Waals surface area contributed by atoms with Crippen LogP contribution in [0.3, 0.4) is 0 Å². The molecule has 1 rings (SSSR count). The molecular formula is C6H14ClNO2. The smallest absolute Gasteiger partial charge is 0.0956 e. The van der Waals surface area contributed by atoms with Gasteiger partial charge in [0.2, 0.25) is 0 Å². The first-order valence-corrected chi connectivity index (χ1v) is 3.30. The summed E-state index contributed by atoms with van der Waals surface area (Å²) in [5.74, 6) is 0. The molecule has 0 amide bonds. The summed E-state index contributed by atoms with van der Waals surface area (Å²) >= 11 is 0. The van der Waals surface area contributed by atoms with Gasteiger partial charge in [0.15, 0.2) is 0 Å². The maximum Gasteiger partial charge on any atom is 0.0956 e. The SMILES string of the molecule is CC1NCCOC1CO.Cl. The van der Waals surface area contributed by atoms with Crippen LogP contribution in [0, 0.1) is 0 Å². The quantitative estimate of drug-likeness (QED) is 0.568. The Bertz CT molecular complexity index is 91.8. The zero-order chi connectivity index (χ0) is 6.69. The van der Waals surface area contributed by atoms with Gasteiger partial charge >= 0.3 is 0 Å². The van der Waals surface area contributed by atoms with Crippen molar-refractivity contribution in [3.63, 3.8) is 0 Å². The third kappa shape index (κ3) is 2.42. The zero-order valence-electron chi connectivity index (χ0n) is 6.04. The molecule has 2 atom stereocenters. The first-order valence-electron chi connectivity index (χ1n) is 3.30. The Labute approximate surface area is 67.2 Å². The van der Waals surface area contributed by atoms with E-state index in [1.165, 1.54) is 0 Å². The van der Waals surface area contributed by atoms with Crippen LogP contribution in [0.1, 0.15) is 6.92 Å². The minimum Gasteiger partial charge on any atom is -0.394 e. The maximum atomic E-state index is 8.70. The fourth-order valence-electron chi connectivity index (χ4n) is 0.983. The summed E-state index contributed by atoms with van der Waals surface area (Å²) in [4.78, 5) is 0. The number of aliphatic hydroxyl groups is 1. The second-order valence-electron chi connectivity index (χ2n) is 2.33. The van der Waals surface area contributed by atoms with Gasteiger partial charge < -0.3 is 15.2 Å². The molecule has 0 aromatic carbocycles. The largest absolute Gasteiger partial charge is 0.394 e. The van der Waals surface area contributed by atoms with Gasteiger partial charge in [0.05, 0.1) is 19.3 Å². The number of rotatable bonds is 1. The molecule has 62 valence electrons. The van der Waals surface area contributed by atoms with Crippen molar-refractivity contribution >= 4 is 12.4 Å². The van der Waals surface area contributed by atoms with Gasteiger partial charge in [-0.1, -0.05) is 0 Å². The summed E-state index contributed by atoms with van der Waals surface area (Å²) < 4.78 is 5.23. The van der Waals surface area contributed by atoms with E-state index in [0.29, 0.717) is 6.04 Å². The van der Waals surface area contributed by atoms with Crippen LogP contribution in [0.5, 0.6) is 0 Å². The Balaban J connectivity index is 0.000000810. The van der Waals surface area contributed by atoms with Gasteiger partial charge in [-0.2, -0.15) is 0 Å². The summed E-state index contributed by atoms with van der Waals surface area (Å²) in [6, 6.07) is 0.295. The number of nitrogens with one attached hydrogen (secondary N) is 1. The average molecular weight is 168 g/mol. The summed E-state index contributed by atoms with van der Waals surface area (Å²) in [6.07, 6.45) is -0.00116. The lowest BCUT2D eigenvalue weighted by Crippen LogP contribution is -2.48. The lowest BCUT2D eigenvalue weighted by Gasteiger charge is -2.28. The Hall–Kier alpha value is 0.170. The van der Waals surface area contributed by atoms with Crippen molar-refractivity contribution in [1.82, 2.24) is 5.32 Å². The predicted octanol–water partition coefficient (Wildman–Crippen LogP) is -0.223. The van der Waals surface area contributed by atoms with Crippen molar-refractivity contribution in [2.24, 2.45) is 0 Å². The van der Waals surface area contributed by atoms with Crippen molar-refractivity contribution in [2.45, 2.75) is 19.1 Å². The predicted molar refractivity (Wildman–Crippen MR) is 41.5 cm³/mol. The van der Waals surface area contributed by atoms with E-state index in [9.17, 15) is 0 Å². The summed E-state index contributed by atoms with van der Waals surface area (Å²) in [5.41, 5.74) is 0. The summed E-state index contributed by atoms with van der Waals surface area (Å²) in [5, 5.41) is 11.9. The van der Waals surface area contributed by atoms with Gasteiger partial charge in [0.25, 0.3) is 0 Å². The number of halogens is 1. The molecule has 10 heavy (non-hydrogen) atoms. The molecule has 0 bridgehead atoms. The third-order valence-corrected chi connectivity index (χ3v) is 1.64. The van der Waals surface area contributed by atoms with E-state index in [4.69, 9.17) is 9.84 Å². The Morgan fingerprint density at radius 3 is 2.80 bits per heavy atom. The van der Waals surface area contributed by atoms with Gasteiger partial charge in [-0.05, 0) is 6.92 Å². The molecule has 1 saturated heterocycles. The highest BCUT2D eigenvalue weighted by molar-refractivity contribution is 5.85. The Kier molecular flexibility index (Phi) is 4.99. The summed E-state index contributed by atoms with van der Waals surface area (Å²) in [6.45, 7) is 3.75. The van der Waals surface area contributed by atoms with Gasteiger partial charge in [-0.15, -0.1) is 12.4 Å². The molecule has 0 saturated carbocycles. The number of morpholine rings is 1. The molecule has 3 nitrogen and oxygen atoms in total. The number of hydrogen-bond donors (Lipinski definition) is 2. The van der Waals surface area contributed by atoms with Crippen LogP contribution in [0.4, 0.5) is 0 Å². The molecule has 1 aliphatic rings. The van der Waals surface area contributed by atoms with Crippen LogP contribution >= 0.6 is 12.4 Å². The van der Waals surface area contributed by atoms with Crippen molar-refractivity contribution in [3.05, 3.63) is 0 Å². The second kappa shape index (κ2) is 4.91. The minimum absolute atomic E-state index is 0. The van der Waals surface area contributed by atoms with Crippen molar-refractivity contribution in [3.8, 4) is 0 Å².